The number of aliphatic imine (C=N–C) groups is 1. The van der Waals surface area contributed by atoms with Crippen LogP contribution >= 0.6 is 0 Å². The van der Waals surface area contributed by atoms with Gasteiger partial charge in [-0.2, -0.15) is 0 Å². The minimum absolute atomic E-state index is 0.0695. The van der Waals surface area contributed by atoms with Gasteiger partial charge in [-0.1, -0.05) is 46.8 Å². The summed E-state index contributed by atoms with van der Waals surface area (Å²) in [4.78, 5) is 9.99. The molecule has 258 valence electrons. The third-order valence-electron chi connectivity index (χ3n) is 11.4. The van der Waals surface area contributed by atoms with Crippen LogP contribution in [0.3, 0.4) is 0 Å². The summed E-state index contributed by atoms with van der Waals surface area (Å²) in [6.45, 7) is 20.9. The molecule has 6 aromatic rings. The lowest BCUT2D eigenvalue weighted by Gasteiger charge is -2.31. The Morgan fingerprint density at radius 3 is 2.49 bits per heavy atom. The van der Waals surface area contributed by atoms with Crippen LogP contribution in [0.5, 0.6) is 23.0 Å². The first-order valence-corrected chi connectivity index (χ1v) is 17.9. The van der Waals surface area contributed by atoms with E-state index in [0.717, 1.165) is 72.5 Å². The van der Waals surface area contributed by atoms with Crippen molar-refractivity contribution in [2.75, 3.05) is 0 Å². The average Bonchev–Trinajstić information content (AvgIpc) is 3.61. The number of ether oxygens (including phenoxy) is 3. The topological polar surface area (TPSA) is 57.9 Å². The highest BCUT2D eigenvalue weighted by atomic mass is 16.5. The zero-order chi connectivity index (χ0) is 37.6. The Balaban J connectivity index is 1.18. The van der Waals surface area contributed by atoms with Crippen LogP contribution in [0.25, 0.3) is 27.6 Å². The molecule has 3 aliphatic rings. The van der Waals surface area contributed by atoms with Crippen molar-refractivity contribution in [2.45, 2.75) is 98.1 Å². The van der Waals surface area contributed by atoms with Crippen LogP contribution in [0.1, 0.15) is 102 Å². The van der Waals surface area contributed by atoms with Gasteiger partial charge in [-0.15, -0.1) is 0 Å². The Morgan fingerprint density at radius 1 is 0.922 bits per heavy atom. The summed E-state index contributed by atoms with van der Waals surface area (Å²) in [5, 5.41) is 2.23. The first kappa shape index (κ1) is 29.6. The SMILES string of the molecule is [2H]C1([2H])c2c(ccc(C)c2C)[C@@]2(C)N=C(c3cc(Oc4cc5c(cc4C)c4cc(C(C)(C)C)cc6c4n5-c4ncccc4O6)cc(C(C)C)c3)O[C@@]12C. The summed E-state index contributed by atoms with van der Waals surface area (Å²) in [6, 6.07) is 22.9. The number of hydrogen-bond acceptors (Lipinski definition) is 5. The standard InChI is InChI=1S/C45H45N3O3/c1-24(2)28-17-29(42-47-45(10)35-14-13-25(3)27(5)34(35)23-44(45,9)51-42)19-31(18-28)49-38-22-36-32(16-26(38)4)33-20-30(43(6,7)8)21-39-40(33)48(36)41-37(50-39)12-11-15-46-41/h11-22,24H,23H2,1-10H3/t44-,45+/m0/s1/i23D2. The quantitative estimate of drug-likeness (QED) is 0.186. The molecule has 0 N–H and O–H groups in total. The van der Waals surface area contributed by atoms with Gasteiger partial charge < -0.3 is 14.2 Å². The summed E-state index contributed by atoms with van der Waals surface area (Å²) in [7, 11) is 0. The third kappa shape index (κ3) is 4.54. The first-order valence-electron chi connectivity index (χ1n) is 18.9. The fraction of sp³-hybridized carbons (Fsp3) is 0.333. The van der Waals surface area contributed by atoms with Gasteiger partial charge in [0.25, 0.3) is 0 Å². The Hall–Kier alpha value is -5.10. The van der Waals surface area contributed by atoms with Crippen LogP contribution < -0.4 is 9.47 Å². The molecule has 2 aliphatic heterocycles. The van der Waals surface area contributed by atoms with Crippen molar-refractivity contribution in [3.05, 3.63) is 117 Å². The monoisotopic (exact) mass is 677 g/mol. The number of fused-ring (bicyclic) bond motifs is 8. The van der Waals surface area contributed by atoms with Gasteiger partial charge in [0, 0.05) is 37.7 Å². The minimum Gasteiger partial charge on any atom is -0.468 e. The molecule has 0 unspecified atom stereocenters. The minimum atomic E-state index is -1.76. The molecule has 4 heterocycles. The molecule has 6 nitrogen and oxygen atoms in total. The van der Waals surface area contributed by atoms with E-state index in [9.17, 15) is 2.74 Å². The Morgan fingerprint density at radius 2 is 1.73 bits per heavy atom. The van der Waals surface area contributed by atoms with E-state index in [2.05, 4.69) is 88.6 Å². The lowest BCUT2D eigenvalue weighted by molar-refractivity contribution is 0.0475. The molecule has 2 aromatic heterocycles. The van der Waals surface area contributed by atoms with E-state index in [4.69, 9.17) is 24.2 Å². The van der Waals surface area contributed by atoms with E-state index in [1.54, 1.807) is 6.20 Å². The van der Waals surface area contributed by atoms with Crippen LogP contribution in [-0.4, -0.2) is 21.0 Å². The summed E-state index contributed by atoms with van der Waals surface area (Å²) in [6.07, 6.45) is 0.0427. The van der Waals surface area contributed by atoms with Gasteiger partial charge in [-0.25, -0.2) is 9.98 Å². The van der Waals surface area contributed by atoms with E-state index in [1.807, 2.05) is 52.0 Å². The Bertz CT molecular complexity index is 2610. The summed E-state index contributed by atoms with van der Waals surface area (Å²) < 4.78 is 41.1. The van der Waals surface area contributed by atoms with E-state index in [1.165, 1.54) is 5.56 Å². The number of hydrogen-bond donors (Lipinski definition) is 0. The van der Waals surface area contributed by atoms with E-state index < -0.39 is 17.5 Å². The maximum absolute atomic E-state index is 9.41. The van der Waals surface area contributed by atoms with Crippen LogP contribution in [0.4, 0.5) is 0 Å². The van der Waals surface area contributed by atoms with Crippen molar-refractivity contribution in [3.63, 3.8) is 0 Å². The van der Waals surface area contributed by atoms with E-state index in [0.29, 0.717) is 23.0 Å². The van der Waals surface area contributed by atoms with Gasteiger partial charge in [-0.05, 0) is 133 Å². The van der Waals surface area contributed by atoms with Crippen LogP contribution in [0.15, 0.2) is 77.9 Å². The second kappa shape index (κ2) is 10.5. The van der Waals surface area contributed by atoms with Crippen LogP contribution in [0, 0.1) is 20.8 Å². The smallest absolute Gasteiger partial charge is 0.217 e. The number of aryl methyl sites for hydroxylation is 2. The molecule has 9 rings (SSSR count). The molecule has 0 bridgehead atoms. The predicted octanol–water partition coefficient (Wildman–Crippen LogP) is 11.4. The molecular formula is C45H45N3O3. The molecule has 0 spiro atoms. The molecule has 1 aliphatic carbocycles. The van der Waals surface area contributed by atoms with Gasteiger partial charge in [-0.3, -0.25) is 4.57 Å². The number of nitrogens with zero attached hydrogens (tertiary/aromatic N) is 3. The van der Waals surface area contributed by atoms with Crippen molar-refractivity contribution >= 4 is 27.7 Å². The first-order chi connectivity index (χ1) is 24.9. The highest BCUT2D eigenvalue weighted by Crippen LogP contribution is 2.54. The highest BCUT2D eigenvalue weighted by Gasteiger charge is 2.59. The number of benzene rings is 4. The molecule has 2 atom stereocenters. The molecule has 0 saturated heterocycles. The highest BCUT2D eigenvalue weighted by molar-refractivity contribution is 6.13. The van der Waals surface area contributed by atoms with Crippen LogP contribution in [-0.2, 0) is 22.1 Å². The van der Waals surface area contributed by atoms with Crippen LogP contribution in [0.2, 0.25) is 0 Å². The molecule has 0 amide bonds. The molecule has 51 heavy (non-hydrogen) atoms. The average molecular weight is 678 g/mol. The van der Waals surface area contributed by atoms with Crippen molar-refractivity contribution in [1.82, 2.24) is 9.55 Å². The zero-order valence-electron chi connectivity index (χ0n) is 33.1. The molecule has 0 saturated carbocycles. The molecule has 0 radical (unpaired) electrons. The summed E-state index contributed by atoms with van der Waals surface area (Å²) in [5.74, 6) is 4.29. The second-order valence-electron chi connectivity index (χ2n) is 16.2. The third-order valence-corrected chi connectivity index (χ3v) is 11.4. The largest absolute Gasteiger partial charge is 0.468 e. The summed E-state index contributed by atoms with van der Waals surface area (Å²) >= 11 is 0. The Labute approximate surface area is 302 Å². The van der Waals surface area contributed by atoms with E-state index >= 15 is 0 Å². The second-order valence-corrected chi connectivity index (χ2v) is 16.2. The molecule has 6 heteroatoms. The molecular weight excluding hydrogens is 631 g/mol. The number of rotatable bonds is 4. The van der Waals surface area contributed by atoms with Gasteiger partial charge in [0.05, 0.1) is 11.0 Å². The predicted molar refractivity (Wildman–Crippen MR) is 206 cm³/mol. The van der Waals surface area contributed by atoms with Crippen molar-refractivity contribution < 1.29 is 17.0 Å². The normalized spacial score (nSPS) is 21.8. The number of aromatic nitrogens is 2. The van der Waals surface area contributed by atoms with E-state index in [-0.39, 0.29) is 11.3 Å². The Kier molecular flexibility index (Phi) is 6.08. The molecule has 4 aromatic carbocycles. The number of pyridine rings is 1. The van der Waals surface area contributed by atoms with Gasteiger partial charge in [0.1, 0.15) is 22.6 Å². The van der Waals surface area contributed by atoms with Gasteiger partial charge in [0.2, 0.25) is 5.90 Å². The fourth-order valence-corrected chi connectivity index (χ4v) is 7.93. The fourth-order valence-electron chi connectivity index (χ4n) is 7.93. The van der Waals surface area contributed by atoms with Crippen molar-refractivity contribution in [2.24, 2.45) is 4.99 Å². The van der Waals surface area contributed by atoms with Gasteiger partial charge in [0.15, 0.2) is 17.3 Å². The zero-order valence-corrected chi connectivity index (χ0v) is 31.1. The maximum atomic E-state index is 9.41. The summed E-state index contributed by atoms with van der Waals surface area (Å²) in [5.41, 5.74) is 7.40. The van der Waals surface area contributed by atoms with Crippen molar-refractivity contribution in [1.29, 1.82) is 0 Å². The molecule has 0 fully saturated rings. The van der Waals surface area contributed by atoms with Gasteiger partial charge >= 0.3 is 0 Å². The lowest BCUT2D eigenvalue weighted by atomic mass is 9.84. The van der Waals surface area contributed by atoms with Crippen molar-refractivity contribution in [3.8, 4) is 28.8 Å². The maximum Gasteiger partial charge on any atom is 0.217 e. The lowest BCUT2D eigenvalue weighted by Crippen LogP contribution is -2.41.